The number of aryl methyl sites for hydroxylation is 1. The van der Waals surface area contributed by atoms with E-state index >= 15 is 0 Å². The van der Waals surface area contributed by atoms with Crippen LogP contribution < -0.4 is 0 Å². The van der Waals surface area contributed by atoms with E-state index in [9.17, 15) is 4.79 Å². The first kappa shape index (κ1) is 23.9. The predicted molar refractivity (Wildman–Crippen MR) is 137 cm³/mol. The number of carbonyl (C=O) groups excluding carboxylic acids is 1. The lowest BCUT2D eigenvalue weighted by atomic mass is 9.85. The highest BCUT2D eigenvalue weighted by Crippen LogP contribution is 2.34. The standard InChI is InChI=1S/C27H31N7O2/c1-32(10-11-35)27(36)19-6-8-25(9-7-19)34-18-24(16-31-34)22-13-28-26(29-14-22)21-5-3-4-20(12-21)23-15-30-33(2)17-23/h3-5,12-19,25,35H,6-11H2,1-2H3/t19-,25-. The minimum absolute atomic E-state index is 0.00384. The maximum absolute atomic E-state index is 12.5. The van der Waals surface area contributed by atoms with Gasteiger partial charge in [-0.05, 0) is 37.3 Å². The van der Waals surface area contributed by atoms with E-state index in [-0.39, 0.29) is 24.5 Å². The summed E-state index contributed by atoms with van der Waals surface area (Å²) >= 11 is 0. The first-order valence-electron chi connectivity index (χ1n) is 12.3. The Kier molecular flexibility index (Phi) is 6.90. The van der Waals surface area contributed by atoms with Gasteiger partial charge in [0.1, 0.15) is 0 Å². The van der Waals surface area contributed by atoms with Gasteiger partial charge in [-0.2, -0.15) is 10.2 Å². The smallest absolute Gasteiger partial charge is 0.225 e. The van der Waals surface area contributed by atoms with Crippen LogP contribution >= 0.6 is 0 Å². The van der Waals surface area contributed by atoms with E-state index < -0.39 is 0 Å². The van der Waals surface area contributed by atoms with Gasteiger partial charge in [0.05, 0.1) is 25.0 Å². The summed E-state index contributed by atoms with van der Waals surface area (Å²) in [4.78, 5) is 23.4. The van der Waals surface area contributed by atoms with Crippen molar-refractivity contribution in [2.75, 3.05) is 20.2 Å². The highest BCUT2D eigenvalue weighted by Gasteiger charge is 2.29. The molecule has 0 spiro atoms. The predicted octanol–water partition coefficient (Wildman–Crippen LogP) is 3.59. The Labute approximate surface area is 210 Å². The minimum Gasteiger partial charge on any atom is -0.395 e. The largest absolute Gasteiger partial charge is 0.395 e. The molecule has 1 N–H and O–H groups in total. The second kappa shape index (κ2) is 10.4. The highest BCUT2D eigenvalue weighted by atomic mass is 16.3. The molecule has 1 saturated carbocycles. The number of aliphatic hydroxyl groups is 1. The van der Waals surface area contributed by atoms with E-state index in [0.29, 0.717) is 12.4 Å². The molecular formula is C27H31N7O2. The normalized spacial score (nSPS) is 17.8. The number of carbonyl (C=O) groups is 1. The maximum atomic E-state index is 12.5. The van der Waals surface area contributed by atoms with E-state index in [1.807, 2.05) is 61.0 Å². The quantitative estimate of drug-likeness (QED) is 0.429. The molecule has 1 aromatic carbocycles. The van der Waals surface area contributed by atoms with Gasteiger partial charge < -0.3 is 10.0 Å². The Morgan fingerprint density at radius 2 is 1.64 bits per heavy atom. The van der Waals surface area contributed by atoms with Crippen molar-refractivity contribution in [1.82, 2.24) is 34.4 Å². The van der Waals surface area contributed by atoms with Crippen LogP contribution in [0.3, 0.4) is 0 Å². The number of aromatic nitrogens is 6. The van der Waals surface area contributed by atoms with Crippen LogP contribution in [-0.4, -0.2) is 65.6 Å². The van der Waals surface area contributed by atoms with Crippen molar-refractivity contribution in [2.45, 2.75) is 31.7 Å². The molecular weight excluding hydrogens is 454 g/mol. The minimum atomic E-state index is -0.00384. The molecule has 1 amide bonds. The van der Waals surface area contributed by atoms with Gasteiger partial charge in [-0.3, -0.25) is 14.2 Å². The van der Waals surface area contributed by atoms with E-state index in [0.717, 1.165) is 53.5 Å². The van der Waals surface area contributed by atoms with Crippen LogP contribution in [0.5, 0.6) is 0 Å². The summed E-state index contributed by atoms with van der Waals surface area (Å²) in [5, 5.41) is 17.9. The van der Waals surface area contributed by atoms with E-state index in [4.69, 9.17) is 5.11 Å². The van der Waals surface area contributed by atoms with Crippen LogP contribution in [0, 0.1) is 5.92 Å². The average molecular weight is 486 g/mol. The molecule has 9 nitrogen and oxygen atoms in total. The molecule has 4 aromatic rings. The topological polar surface area (TPSA) is 102 Å². The third kappa shape index (κ3) is 5.06. The zero-order chi connectivity index (χ0) is 25.1. The second-order valence-electron chi connectivity index (χ2n) is 9.48. The summed E-state index contributed by atoms with van der Waals surface area (Å²) in [5.74, 6) is 0.836. The fourth-order valence-corrected chi connectivity index (χ4v) is 4.88. The molecule has 3 aromatic heterocycles. The van der Waals surface area contributed by atoms with Crippen molar-refractivity contribution in [3.05, 3.63) is 61.4 Å². The van der Waals surface area contributed by atoms with Gasteiger partial charge in [-0.25, -0.2) is 9.97 Å². The molecule has 1 aliphatic rings. The number of hydrogen-bond acceptors (Lipinski definition) is 6. The van der Waals surface area contributed by atoms with Crippen LogP contribution in [-0.2, 0) is 11.8 Å². The second-order valence-corrected chi connectivity index (χ2v) is 9.48. The van der Waals surface area contributed by atoms with Crippen LogP contribution in [0.1, 0.15) is 31.7 Å². The van der Waals surface area contributed by atoms with Crippen LogP contribution in [0.25, 0.3) is 33.6 Å². The van der Waals surface area contributed by atoms with Gasteiger partial charge in [0, 0.05) is 73.6 Å². The van der Waals surface area contributed by atoms with Gasteiger partial charge in [0.2, 0.25) is 5.91 Å². The van der Waals surface area contributed by atoms with E-state index in [2.05, 4.69) is 32.3 Å². The first-order chi connectivity index (χ1) is 17.5. The molecule has 9 heteroatoms. The number of nitrogens with zero attached hydrogens (tertiary/aromatic N) is 7. The van der Waals surface area contributed by atoms with Crippen LogP contribution in [0.2, 0.25) is 0 Å². The molecule has 1 fully saturated rings. The monoisotopic (exact) mass is 485 g/mol. The summed E-state index contributed by atoms with van der Waals surface area (Å²) in [7, 11) is 3.66. The van der Waals surface area contributed by atoms with E-state index in [1.54, 1.807) is 16.6 Å². The number of aliphatic hydroxyl groups excluding tert-OH is 1. The maximum Gasteiger partial charge on any atom is 0.225 e. The molecule has 0 aliphatic heterocycles. The third-order valence-corrected chi connectivity index (χ3v) is 6.98. The van der Waals surface area contributed by atoms with Crippen molar-refractivity contribution in [3.8, 4) is 33.6 Å². The fourth-order valence-electron chi connectivity index (χ4n) is 4.88. The Morgan fingerprint density at radius 1 is 0.944 bits per heavy atom. The van der Waals surface area contributed by atoms with Gasteiger partial charge in [0.15, 0.2) is 5.82 Å². The van der Waals surface area contributed by atoms with Gasteiger partial charge in [0.25, 0.3) is 0 Å². The van der Waals surface area contributed by atoms with Gasteiger partial charge in [-0.1, -0.05) is 18.2 Å². The van der Waals surface area contributed by atoms with Crippen molar-refractivity contribution >= 4 is 5.91 Å². The average Bonchev–Trinajstić information content (AvgIpc) is 3.58. The number of likely N-dealkylation sites (N-methyl/N-ethyl adjacent to an activating group) is 1. The number of rotatable bonds is 7. The number of amides is 1. The molecule has 0 radical (unpaired) electrons. The molecule has 0 bridgehead atoms. The van der Waals surface area contributed by atoms with Crippen molar-refractivity contribution in [3.63, 3.8) is 0 Å². The first-order valence-corrected chi connectivity index (χ1v) is 12.3. The molecule has 0 unspecified atom stereocenters. The fraction of sp³-hybridized carbons (Fsp3) is 0.370. The molecule has 186 valence electrons. The third-order valence-electron chi connectivity index (χ3n) is 6.98. The number of benzene rings is 1. The van der Waals surface area contributed by atoms with Crippen molar-refractivity contribution < 1.29 is 9.90 Å². The van der Waals surface area contributed by atoms with Crippen LogP contribution in [0.4, 0.5) is 0 Å². The molecule has 1 aliphatic carbocycles. The summed E-state index contributed by atoms with van der Waals surface area (Å²) in [6, 6.07) is 8.43. The SMILES string of the molecule is CN(CCO)C(=O)[C@H]1CC[C@H](n2cc(-c3cnc(-c4cccc(-c5cnn(C)c5)c4)nc3)cn2)CC1. The Morgan fingerprint density at radius 3 is 2.33 bits per heavy atom. The summed E-state index contributed by atoms with van der Waals surface area (Å²) in [5.41, 5.74) is 4.98. The lowest BCUT2D eigenvalue weighted by molar-refractivity contribution is -0.135. The zero-order valence-corrected chi connectivity index (χ0v) is 20.7. The van der Waals surface area contributed by atoms with Crippen molar-refractivity contribution in [1.29, 1.82) is 0 Å². The molecule has 0 saturated heterocycles. The van der Waals surface area contributed by atoms with Crippen LogP contribution in [0.15, 0.2) is 61.4 Å². The van der Waals surface area contributed by atoms with Gasteiger partial charge >= 0.3 is 0 Å². The summed E-state index contributed by atoms with van der Waals surface area (Å²) < 4.78 is 3.80. The highest BCUT2D eigenvalue weighted by molar-refractivity contribution is 5.78. The van der Waals surface area contributed by atoms with Crippen molar-refractivity contribution in [2.24, 2.45) is 13.0 Å². The lowest BCUT2D eigenvalue weighted by Gasteiger charge is -2.30. The molecule has 3 heterocycles. The molecule has 36 heavy (non-hydrogen) atoms. The Bertz CT molecular complexity index is 1320. The lowest BCUT2D eigenvalue weighted by Crippen LogP contribution is -2.36. The number of hydrogen-bond donors (Lipinski definition) is 1. The summed E-state index contributed by atoms with van der Waals surface area (Å²) in [6.45, 7) is 0.383. The molecule has 0 atom stereocenters. The van der Waals surface area contributed by atoms with Gasteiger partial charge in [-0.15, -0.1) is 0 Å². The zero-order valence-electron chi connectivity index (χ0n) is 20.7. The van der Waals surface area contributed by atoms with E-state index in [1.165, 1.54) is 0 Å². The Balaban J connectivity index is 1.24. The Hall–Kier alpha value is -3.85. The molecule has 5 rings (SSSR count). The summed E-state index contributed by atoms with van der Waals surface area (Å²) in [6.07, 6.45) is 14.9.